The van der Waals surface area contributed by atoms with Crippen LogP contribution < -0.4 is 11.1 Å². The molecule has 5 heteroatoms. The Balaban J connectivity index is 1.61. The topological polar surface area (TPSA) is 77.2 Å². The van der Waals surface area contributed by atoms with Gasteiger partial charge in [0.1, 0.15) is 6.10 Å². The van der Waals surface area contributed by atoms with Crippen molar-refractivity contribution in [3.8, 4) is 11.1 Å². The number of nitrogens with zero attached hydrogens (tertiary/aromatic N) is 1. The van der Waals surface area contributed by atoms with E-state index in [4.69, 9.17) is 10.5 Å². The van der Waals surface area contributed by atoms with Crippen molar-refractivity contribution in [1.82, 2.24) is 10.3 Å². The van der Waals surface area contributed by atoms with Crippen LogP contribution in [0.5, 0.6) is 0 Å². The summed E-state index contributed by atoms with van der Waals surface area (Å²) < 4.78 is 5.64. The molecule has 126 valence electrons. The van der Waals surface area contributed by atoms with E-state index in [1.165, 1.54) is 0 Å². The Morgan fingerprint density at radius 2 is 2.08 bits per heavy atom. The predicted molar refractivity (Wildman–Crippen MR) is 93.2 cm³/mol. The number of hydrogen-bond donors (Lipinski definition) is 2. The van der Waals surface area contributed by atoms with Crippen molar-refractivity contribution in [3.63, 3.8) is 0 Å². The van der Waals surface area contributed by atoms with Crippen molar-refractivity contribution < 1.29 is 9.53 Å². The molecule has 3 atom stereocenters. The number of aromatic nitrogens is 1. The zero-order chi connectivity index (χ0) is 16.9. The monoisotopic (exact) mass is 325 g/mol. The molecule has 0 saturated carbocycles. The third-order valence-electron chi connectivity index (χ3n) is 4.43. The van der Waals surface area contributed by atoms with Gasteiger partial charge in [0.2, 0.25) is 5.91 Å². The van der Waals surface area contributed by atoms with E-state index in [9.17, 15) is 4.79 Å². The Kier molecular flexibility index (Phi) is 5.23. The molecule has 1 aliphatic rings. The minimum absolute atomic E-state index is 0.00909. The van der Waals surface area contributed by atoms with Gasteiger partial charge in [0.15, 0.2) is 0 Å². The molecular weight excluding hydrogens is 302 g/mol. The quantitative estimate of drug-likeness (QED) is 0.885. The fourth-order valence-corrected chi connectivity index (χ4v) is 2.96. The Morgan fingerprint density at radius 1 is 1.29 bits per heavy atom. The van der Waals surface area contributed by atoms with Crippen LogP contribution in [0.3, 0.4) is 0 Å². The molecule has 1 unspecified atom stereocenters. The molecule has 24 heavy (non-hydrogen) atoms. The lowest BCUT2D eigenvalue weighted by Gasteiger charge is -2.18. The molecule has 1 aliphatic heterocycles. The van der Waals surface area contributed by atoms with E-state index in [1.807, 2.05) is 49.5 Å². The first-order valence-electron chi connectivity index (χ1n) is 8.33. The molecule has 0 radical (unpaired) electrons. The van der Waals surface area contributed by atoms with E-state index in [1.54, 1.807) is 6.20 Å². The zero-order valence-corrected chi connectivity index (χ0v) is 13.8. The minimum atomic E-state index is -0.379. The molecule has 5 nitrogen and oxygen atoms in total. The van der Waals surface area contributed by atoms with E-state index in [-0.39, 0.29) is 24.2 Å². The van der Waals surface area contributed by atoms with Crippen molar-refractivity contribution in [2.45, 2.75) is 38.0 Å². The molecular formula is C19H23N3O2. The average molecular weight is 325 g/mol. The summed E-state index contributed by atoms with van der Waals surface area (Å²) in [5.74, 6) is -0.0604. The molecule has 1 aromatic heterocycles. The second-order valence-electron chi connectivity index (χ2n) is 6.15. The summed E-state index contributed by atoms with van der Waals surface area (Å²) >= 11 is 0. The van der Waals surface area contributed by atoms with Crippen LogP contribution in [0.25, 0.3) is 11.1 Å². The van der Waals surface area contributed by atoms with E-state index < -0.39 is 0 Å². The third kappa shape index (κ3) is 3.80. The van der Waals surface area contributed by atoms with Crippen LogP contribution in [0.1, 0.15) is 31.4 Å². The summed E-state index contributed by atoms with van der Waals surface area (Å²) in [6, 6.07) is 12.0. The van der Waals surface area contributed by atoms with Crippen LogP contribution in [-0.4, -0.2) is 29.6 Å². The number of rotatable bonds is 5. The zero-order valence-electron chi connectivity index (χ0n) is 13.8. The summed E-state index contributed by atoms with van der Waals surface area (Å²) in [4.78, 5) is 16.4. The van der Waals surface area contributed by atoms with Gasteiger partial charge in [0.05, 0.1) is 12.1 Å². The maximum absolute atomic E-state index is 12.3. The highest BCUT2D eigenvalue weighted by Crippen LogP contribution is 2.23. The molecule has 1 saturated heterocycles. The molecule has 1 fully saturated rings. The fraction of sp³-hybridized carbons (Fsp3) is 0.368. The summed E-state index contributed by atoms with van der Waals surface area (Å²) in [6.07, 6.45) is 4.82. The van der Waals surface area contributed by atoms with Crippen LogP contribution in [0.4, 0.5) is 0 Å². The lowest BCUT2D eigenvalue weighted by molar-refractivity contribution is -0.132. The standard InChI is InChI=1S/C19H23N3O2/c1-13(22-19(23)18-9-8-17(11-20)24-18)14-4-6-15(7-5-14)16-3-2-10-21-12-16/h2-7,10,12-13,17-18H,8-9,11,20H2,1H3,(H,22,23)/t13?,17-,18+/m1/s1. The molecule has 0 bridgehead atoms. The Bertz CT molecular complexity index is 673. The number of nitrogens with one attached hydrogen (secondary N) is 1. The smallest absolute Gasteiger partial charge is 0.249 e. The van der Waals surface area contributed by atoms with Gasteiger partial charge in [-0.2, -0.15) is 0 Å². The van der Waals surface area contributed by atoms with E-state index in [2.05, 4.69) is 10.3 Å². The fourth-order valence-electron chi connectivity index (χ4n) is 2.96. The third-order valence-corrected chi connectivity index (χ3v) is 4.43. The number of carbonyl (C=O) groups excluding carboxylic acids is 1. The summed E-state index contributed by atoms with van der Waals surface area (Å²) in [5, 5.41) is 3.02. The predicted octanol–water partition coefficient (Wildman–Crippen LogP) is 2.43. The Morgan fingerprint density at radius 3 is 2.71 bits per heavy atom. The average Bonchev–Trinajstić information content (AvgIpc) is 3.12. The van der Waals surface area contributed by atoms with Gasteiger partial charge in [-0.15, -0.1) is 0 Å². The highest BCUT2D eigenvalue weighted by Gasteiger charge is 2.30. The molecule has 1 aromatic carbocycles. The molecule has 0 spiro atoms. The van der Waals surface area contributed by atoms with Crippen molar-refractivity contribution in [1.29, 1.82) is 0 Å². The van der Waals surface area contributed by atoms with Crippen molar-refractivity contribution >= 4 is 5.91 Å². The van der Waals surface area contributed by atoms with Gasteiger partial charge >= 0.3 is 0 Å². The van der Waals surface area contributed by atoms with Crippen LogP contribution in [-0.2, 0) is 9.53 Å². The maximum Gasteiger partial charge on any atom is 0.249 e. The second-order valence-corrected chi connectivity index (χ2v) is 6.15. The maximum atomic E-state index is 12.3. The van der Waals surface area contributed by atoms with Crippen LogP contribution in [0.2, 0.25) is 0 Å². The number of carbonyl (C=O) groups is 1. The molecule has 1 amide bonds. The number of pyridine rings is 1. The molecule has 3 rings (SSSR count). The summed E-state index contributed by atoms with van der Waals surface area (Å²) in [7, 11) is 0. The molecule has 2 heterocycles. The van der Waals surface area contributed by atoms with Crippen molar-refractivity contribution in [2.75, 3.05) is 6.54 Å². The largest absolute Gasteiger partial charge is 0.364 e. The lowest BCUT2D eigenvalue weighted by Crippen LogP contribution is -2.36. The van der Waals surface area contributed by atoms with Crippen molar-refractivity contribution in [3.05, 3.63) is 54.4 Å². The molecule has 3 N–H and O–H groups in total. The lowest BCUT2D eigenvalue weighted by atomic mass is 10.0. The first-order valence-corrected chi connectivity index (χ1v) is 8.33. The first-order chi connectivity index (χ1) is 11.7. The van der Waals surface area contributed by atoms with Crippen molar-refractivity contribution in [2.24, 2.45) is 5.73 Å². The van der Waals surface area contributed by atoms with Gasteiger partial charge in [-0.05, 0) is 42.5 Å². The van der Waals surface area contributed by atoms with Crippen LogP contribution in [0, 0.1) is 0 Å². The van der Waals surface area contributed by atoms with E-state index >= 15 is 0 Å². The Labute approximate surface area is 142 Å². The number of benzene rings is 1. The number of ether oxygens (including phenoxy) is 1. The summed E-state index contributed by atoms with van der Waals surface area (Å²) in [5.41, 5.74) is 8.83. The summed E-state index contributed by atoms with van der Waals surface area (Å²) in [6.45, 7) is 2.45. The number of amides is 1. The van der Waals surface area contributed by atoms with E-state index in [0.29, 0.717) is 6.54 Å². The van der Waals surface area contributed by atoms with Crippen LogP contribution in [0.15, 0.2) is 48.8 Å². The first kappa shape index (κ1) is 16.6. The van der Waals surface area contributed by atoms with Gasteiger partial charge in [-0.3, -0.25) is 9.78 Å². The van der Waals surface area contributed by atoms with Gasteiger partial charge in [-0.25, -0.2) is 0 Å². The normalized spacial score (nSPS) is 21.4. The molecule has 0 aliphatic carbocycles. The molecule has 2 aromatic rings. The number of nitrogens with two attached hydrogens (primary N) is 1. The number of hydrogen-bond acceptors (Lipinski definition) is 4. The van der Waals surface area contributed by atoms with Gasteiger partial charge in [-0.1, -0.05) is 30.3 Å². The second kappa shape index (κ2) is 7.55. The minimum Gasteiger partial charge on any atom is -0.364 e. The Hall–Kier alpha value is -2.24. The van der Waals surface area contributed by atoms with Gasteiger partial charge in [0, 0.05) is 18.9 Å². The van der Waals surface area contributed by atoms with Crippen LogP contribution >= 0.6 is 0 Å². The van der Waals surface area contributed by atoms with Gasteiger partial charge in [0.25, 0.3) is 0 Å². The SMILES string of the molecule is CC(NC(=O)[C@@H]1CC[C@H](CN)O1)c1ccc(-c2cccnc2)cc1. The highest BCUT2D eigenvalue weighted by molar-refractivity contribution is 5.81. The van der Waals surface area contributed by atoms with E-state index in [0.717, 1.165) is 29.5 Å². The van der Waals surface area contributed by atoms with Gasteiger partial charge < -0.3 is 15.8 Å². The highest BCUT2D eigenvalue weighted by atomic mass is 16.5.